The van der Waals surface area contributed by atoms with Crippen molar-refractivity contribution in [2.24, 2.45) is 10.9 Å². The van der Waals surface area contributed by atoms with E-state index in [9.17, 15) is 0 Å². The van der Waals surface area contributed by atoms with Gasteiger partial charge in [-0.15, -0.1) is 0 Å². The van der Waals surface area contributed by atoms with E-state index in [-0.39, 0.29) is 0 Å². The summed E-state index contributed by atoms with van der Waals surface area (Å²) < 4.78 is 1.86. The highest BCUT2D eigenvalue weighted by Crippen LogP contribution is 2.33. The van der Waals surface area contributed by atoms with Crippen LogP contribution >= 0.6 is 52.0 Å². The van der Waals surface area contributed by atoms with Crippen LogP contribution in [0.3, 0.4) is 0 Å². The molecule has 0 amide bonds. The Bertz CT molecular complexity index is 587. The molecule has 2 heterocycles. The van der Waals surface area contributed by atoms with Gasteiger partial charge in [0.15, 0.2) is 0 Å². The van der Waals surface area contributed by atoms with Crippen LogP contribution < -0.4 is 10.9 Å². The lowest BCUT2D eigenvalue weighted by Gasteiger charge is -2.04. The van der Waals surface area contributed by atoms with Gasteiger partial charge < -0.3 is 5.73 Å². The molecule has 9 heteroatoms. The first kappa shape index (κ1) is 13.4. The van der Waals surface area contributed by atoms with Crippen molar-refractivity contribution in [2.75, 3.05) is 0 Å². The minimum Gasteiger partial charge on any atom is -0.404 e. The summed E-state index contributed by atoms with van der Waals surface area (Å²) in [6.07, 6.45) is 3.62. The van der Waals surface area contributed by atoms with Crippen molar-refractivity contribution in [2.45, 2.75) is 0 Å². The summed E-state index contributed by atoms with van der Waals surface area (Å²) in [5, 5.41) is 11.0. The largest absolute Gasteiger partial charge is 0.404 e. The first-order valence-corrected chi connectivity index (χ1v) is 9.73. The number of hydrogen-bond acceptors (Lipinski definition) is 5. The van der Waals surface area contributed by atoms with Crippen molar-refractivity contribution in [1.29, 1.82) is 0 Å². The minimum atomic E-state index is 0.409. The van der Waals surface area contributed by atoms with Gasteiger partial charge in [-0.3, -0.25) is 5.14 Å². The second-order valence-corrected chi connectivity index (χ2v) is 6.09. The van der Waals surface area contributed by atoms with Crippen molar-refractivity contribution >= 4 is 67.8 Å². The summed E-state index contributed by atoms with van der Waals surface area (Å²) in [5.41, 5.74) is 7.08. The molecule has 0 aromatic carbocycles. The van der Waals surface area contributed by atoms with Gasteiger partial charge in [0.1, 0.15) is 5.15 Å². The summed E-state index contributed by atoms with van der Waals surface area (Å²) in [6.45, 7) is 0. The highest BCUT2D eigenvalue weighted by Gasteiger charge is 2.11. The Morgan fingerprint density at radius 1 is 1.65 bits per heavy atom. The zero-order chi connectivity index (χ0) is 12.4. The van der Waals surface area contributed by atoms with E-state index >= 15 is 0 Å². The Labute approximate surface area is 122 Å². The van der Waals surface area contributed by atoms with E-state index in [0.717, 1.165) is 22.9 Å². The van der Waals surface area contributed by atoms with Gasteiger partial charge in [-0.05, 0) is 40.1 Å². The number of rotatable bonds is 3. The second-order valence-electron chi connectivity index (χ2n) is 3.02. The molecule has 2 rings (SSSR count). The van der Waals surface area contributed by atoms with E-state index in [2.05, 4.69) is 32.1 Å². The monoisotopic (exact) mass is 399 g/mol. The maximum Gasteiger partial charge on any atom is 0.140 e. The maximum absolute atomic E-state index is 6.11. The van der Waals surface area contributed by atoms with Crippen LogP contribution in [0.25, 0.3) is 15.8 Å². The fourth-order valence-electron chi connectivity index (χ4n) is 1.36. The quantitative estimate of drug-likeness (QED) is 0.359. The number of fused-ring (bicyclic) bond motifs is 1. The minimum absolute atomic E-state index is 0.409. The lowest BCUT2D eigenvalue weighted by atomic mass is 10.3. The van der Waals surface area contributed by atoms with Gasteiger partial charge in [0.25, 0.3) is 0 Å². The van der Waals surface area contributed by atoms with Crippen LogP contribution in [0.15, 0.2) is 18.5 Å². The van der Waals surface area contributed by atoms with E-state index in [1.807, 2.05) is 10.5 Å². The Morgan fingerprint density at radius 2 is 2.41 bits per heavy atom. The van der Waals surface area contributed by atoms with E-state index in [1.165, 1.54) is 6.20 Å². The molecule has 2 aromatic heterocycles. The predicted molar refractivity (Wildman–Crippen MR) is 84.2 cm³/mol. The Kier molecular flexibility index (Phi) is 4.48. The molecule has 1 unspecified atom stereocenters. The molecule has 0 aliphatic carbocycles. The van der Waals surface area contributed by atoms with Crippen molar-refractivity contribution in [3.8, 4) is 0 Å². The second kappa shape index (κ2) is 5.71. The van der Waals surface area contributed by atoms with E-state index in [4.69, 9.17) is 22.5 Å². The van der Waals surface area contributed by atoms with E-state index in [0.29, 0.717) is 22.1 Å². The van der Waals surface area contributed by atoms with Crippen LogP contribution in [0, 0.1) is 0 Å². The number of aromatic nitrogens is 3. The van der Waals surface area contributed by atoms with Gasteiger partial charge in [-0.1, -0.05) is 11.6 Å². The molecule has 0 spiro atoms. The summed E-state index contributed by atoms with van der Waals surface area (Å²) in [6, 6.07) is 1.89. The molecule has 1 atom stereocenters. The van der Waals surface area contributed by atoms with Crippen LogP contribution in [0.5, 0.6) is 0 Å². The highest BCUT2D eigenvalue weighted by molar-refractivity contribution is 14.2. The SMILES string of the molecule is N/C=C(\SN)c1cc2c(cnn2PI)c(Cl)n1. The van der Waals surface area contributed by atoms with E-state index < -0.39 is 0 Å². The lowest BCUT2D eigenvalue weighted by Crippen LogP contribution is -1.95. The van der Waals surface area contributed by atoms with Crippen molar-refractivity contribution < 1.29 is 0 Å². The fourth-order valence-corrected chi connectivity index (χ4v) is 3.43. The molecule has 0 bridgehead atoms. The number of nitrogens with two attached hydrogens (primary N) is 2. The van der Waals surface area contributed by atoms with Crippen molar-refractivity contribution in [3.05, 3.63) is 29.3 Å². The zero-order valence-corrected chi connectivity index (χ0v) is 13.1. The third-order valence-corrected chi connectivity index (χ3v) is 4.91. The molecule has 4 N–H and O–H groups in total. The number of nitrogens with zero attached hydrogens (tertiary/aromatic N) is 3. The van der Waals surface area contributed by atoms with Gasteiger partial charge in [0.2, 0.25) is 0 Å². The van der Waals surface area contributed by atoms with Crippen LogP contribution in [-0.4, -0.2) is 14.5 Å². The average molecular weight is 400 g/mol. The molecular formula is C8H8ClIN5PS. The molecule has 0 aliphatic rings. The number of pyridine rings is 1. The Hall–Kier alpha value is -0.0800. The Morgan fingerprint density at radius 3 is 3.00 bits per heavy atom. The third kappa shape index (κ3) is 2.53. The topological polar surface area (TPSA) is 82.8 Å². The molecule has 0 aliphatic heterocycles. The van der Waals surface area contributed by atoms with Crippen LogP contribution in [0.4, 0.5) is 0 Å². The summed E-state index contributed by atoms with van der Waals surface area (Å²) in [7, 11) is 0. The average Bonchev–Trinajstić information content (AvgIpc) is 2.74. The van der Waals surface area contributed by atoms with Crippen LogP contribution in [0.2, 0.25) is 5.15 Å². The third-order valence-electron chi connectivity index (χ3n) is 2.13. The smallest absolute Gasteiger partial charge is 0.140 e. The van der Waals surface area contributed by atoms with E-state index in [1.54, 1.807) is 6.20 Å². The molecule has 2 aromatic rings. The molecule has 17 heavy (non-hydrogen) atoms. The standard InChI is InChI=1S/C8H8ClIN5PS/c9-8-4-3-13-15(16-10)6(4)1-5(14-8)7(2-11)17-12/h1-3,16H,11-12H2/b7-2-. The Balaban J connectivity index is 2.68. The highest BCUT2D eigenvalue weighted by atomic mass is 127. The summed E-state index contributed by atoms with van der Waals surface area (Å²) in [4.78, 5) is 4.93. The molecular weight excluding hydrogens is 392 g/mol. The maximum atomic E-state index is 6.11. The molecule has 0 saturated carbocycles. The number of hydrogen-bond donors (Lipinski definition) is 2. The molecule has 0 saturated heterocycles. The summed E-state index contributed by atoms with van der Waals surface area (Å²) >= 11 is 9.40. The molecule has 5 nitrogen and oxygen atoms in total. The fraction of sp³-hybridized carbons (Fsp3) is 0. The normalized spacial score (nSPS) is 13.0. The van der Waals surface area contributed by atoms with Gasteiger partial charge in [0, 0.05) is 6.20 Å². The van der Waals surface area contributed by atoms with Gasteiger partial charge in [-0.2, -0.15) is 5.10 Å². The number of halogens is 2. The first-order chi connectivity index (χ1) is 8.21. The van der Waals surface area contributed by atoms with Crippen LogP contribution in [0.1, 0.15) is 5.69 Å². The van der Waals surface area contributed by atoms with Crippen molar-refractivity contribution in [3.63, 3.8) is 0 Å². The summed E-state index contributed by atoms with van der Waals surface area (Å²) in [5.74, 6) is 0. The van der Waals surface area contributed by atoms with Crippen LogP contribution in [-0.2, 0) is 0 Å². The van der Waals surface area contributed by atoms with Crippen molar-refractivity contribution in [1.82, 2.24) is 14.5 Å². The van der Waals surface area contributed by atoms with Gasteiger partial charge in [-0.25, -0.2) is 9.44 Å². The molecule has 0 radical (unpaired) electrons. The van der Waals surface area contributed by atoms with Gasteiger partial charge >= 0.3 is 0 Å². The zero-order valence-electron chi connectivity index (χ0n) is 8.39. The predicted octanol–water partition coefficient (Wildman–Crippen LogP) is 2.74. The molecule has 0 fully saturated rings. The molecule has 90 valence electrons. The lowest BCUT2D eigenvalue weighted by molar-refractivity contribution is 1.04. The van der Waals surface area contributed by atoms with Gasteiger partial charge in [0.05, 0.1) is 34.1 Å². The first-order valence-electron chi connectivity index (χ1n) is 4.41.